The molecule has 0 aliphatic rings. The fourth-order valence-electron chi connectivity index (χ4n) is 1.59. The first-order chi connectivity index (χ1) is 7.79. The van der Waals surface area contributed by atoms with E-state index in [1.54, 1.807) is 0 Å². The number of amides is 1. The van der Waals surface area contributed by atoms with Crippen LogP contribution in [0.3, 0.4) is 0 Å². The van der Waals surface area contributed by atoms with Crippen LogP contribution in [0.5, 0.6) is 0 Å². The number of hydrogen-bond donors (Lipinski definition) is 2. The van der Waals surface area contributed by atoms with Gasteiger partial charge in [-0.15, -0.1) is 0 Å². The van der Waals surface area contributed by atoms with Crippen molar-refractivity contribution in [2.75, 3.05) is 0 Å². The van der Waals surface area contributed by atoms with Gasteiger partial charge in [0.2, 0.25) is 5.91 Å². The van der Waals surface area contributed by atoms with E-state index in [-0.39, 0.29) is 5.91 Å². The van der Waals surface area contributed by atoms with E-state index >= 15 is 0 Å². The average Bonchev–Trinajstić information content (AvgIpc) is 2.19. The molecule has 0 fully saturated rings. The van der Waals surface area contributed by atoms with Gasteiger partial charge < -0.3 is 10.4 Å². The molecule has 0 heterocycles. The fraction of sp³-hybridized carbons (Fsp3) is 0.846. The van der Waals surface area contributed by atoms with Gasteiger partial charge in [0.25, 0.3) is 0 Å². The summed E-state index contributed by atoms with van der Waals surface area (Å²) in [5, 5.41) is 11.6. The Balaban J connectivity index is 4.11. The number of carbonyl (C=O) groups excluding carboxylic acids is 1. The summed E-state index contributed by atoms with van der Waals surface area (Å²) in [5.74, 6) is -1.14. The first-order valence-corrected chi connectivity index (χ1v) is 6.31. The summed E-state index contributed by atoms with van der Waals surface area (Å²) in [6.45, 7) is 7.54. The zero-order valence-corrected chi connectivity index (χ0v) is 11.4. The van der Waals surface area contributed by atoms with Crippen molar-refractivity contribution in [1.29, 1.82) is 0 Å². The number of hydrogen-bond acceptors (Lipinski definition) is 2. The summed E-state index contributed by atoms with van der Waals surface area (Å²) in [6.07, 6.45) is 4.52. The van der Waals surface area contributed by atoms with Crippen molar-refractivity contribution in [2.45, 2.75) is 65.8 Å². The van der Waals surface area contributed by atoms with Crippen molar-refractivity contribution in [3.63, 3.8) is 0 Å². The number of nitrogens with one attached hydrogen (secondary N) is 1. The Morgan fingerprint density at radius 1 is 1.18 bits per heavy atom. The minimum Gasteiger partial charge on any atom is -0.480 e. The Bertz CT molecular complexity index is 256. The van der Waals surface area contributed by atoms with E-state index in [2.05, 4.69) is 12.2 Å². The lowest BCUT2D eigenvalue weighted by Crippen LogP contribution is -2.49. The second kappa shape index (κ2) is 7.30. The average molecular weight is 243 g/mol. The topological polar surface area (TPSA) is 66.4 Å². The number of carboxylic acids is 1. The Morgan fingerprint density at radius 2 is 1.76 bits per heavy atom. The van der Waals surface area contributed by atoms with Gasteiger partial charge >= 0.3 is 5.97 Å². The molecule has 0 aliphatic carbocycles. The SMILES string of the molecule is CCCCCCC(=O)N[C@@H](C(=O)O)C(C)(C)C. The molecule has 100 valence electrons. The highest BCUT2D eigenvalue weighted by Crippen LogP contribution is 2.19. The zero-order valence-electron chi connectivity index (χ0n) is 11.4. The van der Waals surface area contributed by atoms with E-state index in [0.717, 1.165) is 25.7 Å². The van der Waals surface area contributed by atoms with Crippen LogP contribution in [0.4, 0.5) is 0 Å². The van der Waals surface area contributed by atoms with Crippen molar-refractivity contribution in [3.8, 4) is 0 Å². The lowest BCUT2D eigenvalue weighted by atomic mass is 9.86. The van der Waals surface area contributed by atoms with Gasteiger partial charge in [0, 0.05) is 6.42 Å². The Kier molecular flexibility index (Phi) is 6.85. The predicted octanol–water partition coefficient (Wildman–Crippen LogP) is 2.57. The molecule has 0 rings (SSSR count). The summed E-state index contributed by atoms with van der Waals surface area (Å²) >= 11 is 0. The van der Waals surface area contributed by atoms with Crippen LogP contribution >= 0.6 is 0 Å². The fourth-order valence-corrected chi connectivity index (χ4v) is 1.59. The molecule has 0 aromatic carbocycles. The van der Waals surface area contributed by atoms with Crippen molar-refractivity contribution in [2.24, 2.45) is 5.41 Å². The van der Waals surface area contributed by atoms with Gasteiger partial charge in [-0.2, -0.15) is 0 Å². The molecule has 4 heteroatoms. The molecule has 0 aromatic heterocycles. The van der Waals surface area contributed by atoms with Gasteiger partial charge in [0.05, 0.1) is 0 Å². The predicted molar refractivity (Wildman–Crippen MR) is 67.8 cm³/mol. The van der Waals surface area contributed by atoms with Crippen LogP contribution in [0.25, 0.3) is 0 Å². The molecule has 0 aromatic rings. The minimum absolute atomic E-state index is 0.163. The molecular formula is C13H25NO3. The Morgan fingerprint density at radius 3 is 2.18 bits per heavy atom. The van der Waals surface area contributed by atoms with Crippen LogP contribution in [0.15, 0.2) is 0 Å². The highest BCUT2D eigenvalue weighted by atomic mass is 16.4. The lowest BCUT2D eigenvalue weighted by Gasteiger charge is -2.27. The van der Waals surface area contributed by atoms with Crippen molar-refractivity contribution >= 4 is 11.9 Å². The normalized spacial score (nSPS) is 13.2. The molecule has 0 bridgehead atoms. The quantitative estimate of drug-likeness (QED) is 0.675. The number of aliphatic carboxylic acids is 1. The molecule has 0 saturated heterocycles. The molecule has 4 nitrogen and oxygen atoms in total. The Hall–Kier alpha value is -1.06. The van der Waals surface area contributed by atoms with E-state index in [1.807, 2.05) is 20.8 Å². The second-order valence-corrected chi connectivity index (χ2v) is 5.52. The summed E-state index contributed by atoms with van der Waals surface area (Å²) < 4.78 is 0. The highest BCUT2D eigenvalue weighted by Gasteiger charge is 2.32. The largest absolute Gasteiger partial charge is 0.480 e. The van der Waals surface area contributed by atoms with Crippen LogP contribution in [-0.4, -0.2) is 23.0 Å². The maximum absolute atomic E-state index is 11.6. The van der Waals surface area contributed by atoms with E-state index in [9.17, 15) is 9.59 Å². The van der Waals surface area contributed by atoms with E-state index in [4.69, 9.17) is 5.11 Å². The van der Waals surface area contributed by atoms with E-state index in [0.29, 0.717) is 6.42 Å². The molecule has 0 unspecified atom stereocenters. The third-order valence-corrected chi connectivity index (χ3v) is 2.68. The van der Waals surface area contributed by atoms with Crippen LogP contribution in [0, 0.1) is 5.41 Å². The molecule has 0 saturated carbocycles. The smallest absolute Gasteiger partial charge is 0.326 e. The van der Waals surface area contributed by atoms with Crippen molar-refractivity contribution < 1.29 is 14.7 Å². The van der Waals surface area contributed by atoms with Gasteiger partial charge in [-0.05, 0) is 11.8 Å². The van der Waals surface area contributed by atoms with Gasteiger partial charge in [-0.25, -0.2) is 4.79 Å². The van der Waals surface area contributed by atoms with Gasteiger partial charge in [0.15, 0.2) is 0 Å². The maximum atomic E-state index is 11.6. The standard InChI is InChI=1S/C13H25NO3/c1-5-6-7-8-9-10(15)14-11(12(16)17)13(2,3)4/h11H,5-9H2,1-4H3,(H,14,15)(H,16,17)/t11-/m0/s1. The monoisotopic (exact) mass is 243 g/mol. The first kappa shape index (κ1) is 15.9. The minimum atomic E-state index is -0.973. The van der Waals surface area contributed by atoms with Crippen LogP contribution in [-0.2, 0) is 9.59 Å². The van der Waals surface area contributed by atoms with Gasteiger partial charge in [-0.1, -0.05) is 47.0 Å². The highest BCUT2D eigenvalue weighted by molar-refractivity contribution is 5.84. The number of rotatable bonds is 7. The number of unbranched alkanes of at least 4 members (excludes halogenated alkanes) is 3. The molecule has 1 amide bonds. The molecule has 17 heavy (non-hydrogen) atoms. The number of carbonyl (C=O) groups is 2. The van der Waals surface area contributed by atoms with Gasteiger partial charge in [0.1, 0.15) is 6.04 Å². The molecule has 1 atom stereocenters. The number of carboxylic acid groups (broad SMARTS) is 1. The maximum Gasteiger partial charge on any atom is 0.326 e. The molecule has 2 N–H and O–H groups in total. The second-order valence-electron chi connectivity index (χ2n) is 5.52. The molecule has 0 aliphatic heterocycles. The summed E-state index contributed by atoms with van der Waals surface area (Å²) in [7, 11) is 0. The van der Waals surface area contributed by atoms with Gasteiger partial charge in [-0.3, -0.25) is 4.79 Å². The van der Waals surface area contributed by atoms with Crippen LogP contribution in [0.1, 0.15) is 59.8 Å². The van der Waals surface area contributed by atoms with Crippen molar-refractivity contribution in [1.82, 2.24) is 5.32 Å². The van der Waals surface area contributed by atoms with E-state index in [1.165, 1.54) is 0 Å². The Labute approximate surface area is 104 Å². The molecule has 0 radical (unpaired) electrons. The zero-order chi connectivity index (χ0) is 13.5. The first-order valence-electron chi connectivity index (χ1n) is 6.31. The van der Waals surface area contributed by atoms with Crippen LogP contribution in [0.2, 0.25) is 0 Å². The van der Waals surface area contributed by atoms with E-state index < -0.39 is 17.4 Å². The third kappa shape index (κ3) is 6.97. The third-order valence-electron chi connectivity index (χ3n) is 2.68. The lowest BCUT2D eigenvalue weighted by molar-refractivity contribution is -0.144. The van der Waals surface area contributed by atoms with Crippen molar-refractivity contribution in [3.05, 3.63) is 0 Å². The summed E-state index contributed by atoms with van der Waals surface area (Å²) in [4.78, 5) is 22.6. The van der Waals surface area contributed by atoms with Crippen LogP contribution < -0.4 is 5.32 Å². The molecule has 0 spiro atoms. The summed E-state index contributed by atoms with van der Waals surface area (Å²) in [6, 6.07) is -0.818. The molecular weight excluding hydrogens is 218 g/mol. The summed E-state index contributed by atoms with van der Waals surface area (Å²) in [5.41, 5.74) is -0.467.